The monoisotopic (exact) mass is 316 g/mol. The Morgan fingerprint density at radius 3 is 2.74 bits per heavy atom. The highest BCUT2D eigenvalue weighted by Crippen LogP contribution is 2.65. The fourth-order valence-electron chi connectivity index (χ4n) is 4.92. The van der Waals surface area contributed by atoms with Gasteiger partial charge in [-0.2, -0.15) is 0 Å². The van der Waals surface area contributed by atoms with Gasteiger partial charge in [-0.1, -0.05) is 30.3 Å². The second-order valence-electron chi connectivity index (χ2n) is 7.39. The average molecular weight is 316 g/mol. The van der Waals surface area contributed by atoms with Crippen molar-refractivity contribution < 1.29 is 19.7 Å². The number of carbonyl (C=O) groups excluding carboxylic acids is 1. The van der Waals surface area contributed by atoms with Crippen molar-refractivity contribution >= 4 is 5.97 Å². The molecule has 124 valence electrons. The lowest BCUT2D eigenvalue weighted by atomic mass is 9.91. The highest BCUT2D eigenvalue weighted by Gasteiger charge is 2.67. The molecule has 2 N–H and O–H groups in total. The van der Waals surface area contributed by atoms with E-state index < -0.39 is 12.2 Å². The van der Waals surface area contributed by atoms with E-state index in [4.69, 9.17) is 4.74 Å². The molecule has 1 aliphatic heterocycles. The van der Waals surface area contributed by atoms with E-state index in [0.717, 1.165) is 19.3 Å². The normalized spacial score (nSPS) is 37.0. The molecule has 1 aromatic carbocycles. The molecule has 2 saturated carbocycles. The summed E-state index contributed by atoms with van der Waals surface area (Å²) in [5.41, 5.74) is 1.27. The Hall–Kier alpha value is -1.39. The van der Waals surface area contributed by atoms with E-state index in [2.05, 4.69) is 12.1 Å². The standard InChI is InChI=1S/C19H24O4/c20-14(8-4-7-11-5-2-1-3-6-11)19(22)18-13-9-15-12(17(13)18)10-16(21)23-15/h1-3,5-6,12-15,17-20,22H,4,7-10H2/t12-,13-,14+,15-,17+,18-,19+/m0/s1. The average Bonchev–Trinajstić information content (AvgIpc) is 2.95. The number of ether oxygens (including phenoxy) is 1. The molecule has 1 saturated heterocycles. The Bertz CT molecular complexity index is 572. The third-order valence-corrected chi connectivity index (χ3v) is 6.05. The molecule has 0 spiro atoms. The van der Waals surface area contributed by atoms with Gasteiger partial charge in [0.15, 0.2) is 0 Å². The molecule has 0 amide bonds. The van der Waals surface area contributed by atoms with E-state index in [1.54, 1.807) is 0 Å². The van der Waals surface area contributed by atoms with E-state index >= 15 is 0 Å². The van der Waals surface area contributed by atoms with Gasteiger partial charge in [-0.15, -0.1) is 0 Å². The van der Waals surface area contributed by atoms with Crippen LogP contribution in [0.4, 0.5) is 0 Å². The summed E-state index contributed by atoms with van der Waals surface area (Å²) in [7, 11) is 0. The maximum atomic E-state index is 11.4. The molecule has 4 rings (SSSR count). The topological polar surface area (TPSA) is 66.8 Å². The SMILES string of the molecule is O=C1C[C@@H]2[C@@H]3[C@H](C[C@@H]2O1)[C@@H]3[C@H](O)[C@H](O)CCCc1ccccc1. The van der Waals surface area contributed by atoms with Gasteiger partial charge < -0.3 is 14.9 Å². The summed E-state index contributed by atoms with van der Waals surface area (Å²) in [6, 6.07) is 10.2. The molecule has 1 heterocycles. The van der Waals surface area contributed by atoms with E-state index in [-0.39, 0.29) is 23.9 Å². The molecular weight excluding hydrogens is 292 g/mol. The van der Waals surface area contributed by atoms with Gasteiger partial charge in [0, 0.05) is 5.92 Å². The van der Waals surface area contributed by atoms with Crippen molar-refractivity contribution in [1.82, 2.24) is 0 Å². The van der Waals surface area contributed by atoms with Crippen LogP contribution in [0, 0.1) is 23.7 Å². The van der Waals surface area contributed by atoms with Gasteiger partial charge in [0.25, 0.3) is 0 Å². The molecular formula is C19H24O4. The number of rotatable bonds is 6. The van der Waals surface area contributed by atoms with Crippen molar-refractivity contribution in [1.29, 1.82) is 0 Å². The van der Waals surface area contributed by atoms with Crippen LogP contribution in [-0.4, -0.2) is 34.5 Å². The van der Waals surface area contributed by atoms with Crippen molar-refractivity contribution in [3.8, 4) is 0 Å². The zero-order chi connectivity index (χ0) is 16.0. The highest BCUT2D eigenvalue weighted by atomic mass is 16.6. The summed E-state index contributed by atoms with van der Waals surface area (Å²) in [6.07, 6.45) is 2.56. The number of carbonyl (C=O) groups is 1. The molecule has 3 aliphatic rings. The number of aliphatic hydroxyl groups excluding tert-OH is 2. The summed E-state index contributed by atoms with van der Waals surface area (Å²) in [5, 5.41) is 20.8. The number of fused-ring (bicyclic) bond motifs is 3. The fourth-order valence-corrected chi connectivity index (χ4v) is 4.92. The summed E-state index contributed by atoms with van der Waals surface area (Å²) in [5.74, 6) is 1.17. The number of esters is 1. The van der Waals surface area contributed by atoms with Crippen LogP contribution in [0.3, 0.4) is 0 Å². The molecule has 7 atom stereocenters. The molecule has 0 aromatic heterocycles. The summed E-state index contributed by atoms with van der Waals surface area (Å²) in [6.45, 7) is 0. The maximum Gasteiger partial charge on any atom is 0.306 e. The van der Waals surface area contributed by atoms with Crippen LogP contribution in [-0.2, 0) is 16.0 Å². The van der Waals surface area contributed by atoms with Gasteiger partial charge in [-0.25, -0.2) is 0 Å². The zero-order valence-electron chi connectivity index (χ0n) is 13.2. The van der Waals surface area contributed by atoms with Crippen LogP contribution in [0.15, 0.2) is 30.3 Å². The molecule has 0 radical (unpaired) electrons. The Labute approximate surface area is 136 Å². The quantitative estimate of drug-likeness (QED) is 0.787. The third-order valence-electron chi connectivity index (χ3n) is 6.05. The first-order valence-corrected chi connectivity index (χ1v) is 8.74. The van der Waals surface area contributed by atoms with Crippen molar-refractivity contribution in [3.05, 3.63) is 35.9 Å². The Balaban J connectivity index is 1.26. The number of hydrogen-bond acceptors (Lipinski definition) is 4. The van der Waals surface area contributed by atoms with Crippen molar-refractivity contribution in [2.75, 3.05) is 0 Å². The predicted molar refractivity (Wildman–Crippen MR) is 84.5 cm³/mol. The van der Waals surface area contributed by atoms with Gasteiger partial charge in [0.1, 0.15) is 6.10 Å². The first kappa shape index (κ1) is 15.2. The highest BCUT2D eigenvalue weighted by molar-refractivity contribution is 5.72. The van der Waals surface area contributed by atoms with Crippen molar-refractivity contribution in [2.45, 2.75) is 50.4 Å². The molecule has 4 nitrogen and oxygen atoms in total. The van der Waals surface area contributed by atoms with E-state index in [1.165, 1.54) is 5.56 Å². The second kappa shape index (κ2) is 5.91. The van der Waals surface area contributed by atoms with E-state index in [1.807, 2.05) is 18.2 Å². The zero-order valence-corrected chi connectivity index (χ0v) is 13.2. The van der Waals surface area contributed by atoms with Crippen LogP contribution in [0.5, 0.6) is 0 Å². The Morgan fingerprint density at radius 1 is 1.17 bits per heavy atom. The van der Waals surface area contributed by atoms with Gasteiger partial charge in [0.05, 0.1) is 18.6 Å². The molecule has 2 aliphatic carbocycles. The minimum absolute atomic E-state index is 0.0798. The van der Waals surface area contributed by atoms with E-state index in [9.17, 15) is 15.0 Å². The van der Waals surface area contributed by atoms with Crippen LogP contribution in [0.1, 0.15) is 31.2 Å². The van der Waals surface area contributed by atoms with Crippen LogP contribution < -0.4 is 0 Å². The van der Waals surface area contributed by atoms with Crippen LogP contribution in [0.25, 0.3) is 0 Å². The fraction of sp³-hybridized carbons (Fsp3) is 0.632. The summed E-state index contributed by atoms with van der Waals surface area (Å²) in [4.78, 5) is 11.4. The molecule has 0 bridgehead atoms. The van der Waals surface area contributed by atoms with Gasteiger partial charge in [-0.05, 0) is 49.0 Å². The Kier molecular flexibility index (Phi) is 3.90. The molecule has 4 heteroatoms. The number of benzene rings is 1. The second-order valence-corrected chi connectivity index (χ2v) is 7.39. The Morgan fingerprint density at radius 2 is 1.96 bits per heavy atom. The largest absolute Gasteiger partial charge is 0.462 e. The lowest BCUT2D eigenvalue weighted by Gasteiger charge is -2.22. The minimum atomic E-state index is -0.661. The lowest BCUT2D eigenvalue weighted by molar-refractivity contribution is -0.141. The molecule has 23 heavy (non-hydrogen) atoms. The molecule has 3 fully saturated rings. The molecule has 0 unspecified atom stereocenters. The van der Waals surface area contributed by atoms with Gasteiger partial charge >= 0.3 is 5.97 Å². The van der Waals surface area contributed by atoms with E-state index in [0.29, 0.717) is 24.7 Å². The first-order chi connectivity index (χ1) is 11.1. The third kappa shape index (κ3) is 2.79. The summed E-state index contributed by atoms with van der Waals surface area (Å²) >= 11 is 0. The maximum absolute atomic E-state index is 11.4. The first-order valence-electron chi connectivity index (χ1n) is 8.74. The van der Waals surface area contributed by atoms with Crippen molar-refractivity contribution in [2.24, 2.45) is 23.7 Å². The smallest absolute Gasteiger partial charge is 0.306 e. The van der Waals surface area contributed by atoms with Crippen LogP contribution >= 0.6 is 0 Å². The molecule has 1 aromatic rings. The lowest BCUT2D eigenvalue weighted by Crippen LogP contribution is -2.31. The number of hydrogen-bond donors (Lipinski definition) is 2. The predicted octanol–water partition coefficient (Wildman–Crippen LogP) is 1.93. The minimum Gasteiger partial charge on any atom is -0.462 e. The number of aliphatic hydroxyl groups is 2. The number of aryl methyl sites for hydroxylation is 1. The van der Waals surface area contributed by atoms with Crippen molar-refractivity contribution in [3.63, 3.8) is 0 Å². The van der Waals surface area contributed by atoms with Crippen LogP contribution in [0.2, 0.25) is 0 Å². The summed E-state index contributed by atoms with van der Waals surface area (Å²) < 4.78 is 5.31. The van der Waals surface area contributed by atoms with Gasteiger partial charge in [0.2, 0.25) is 0 Å². The van der Waals surface area contributed by atoms with Gasteiger partial charge in [-0.3, -0.25) is 4.79 Å².